The van der Waals surface area contributed by atoms with Gasteiger partial charge in [-0.05, 0) is 25.8 Å². The first-order valence-electron chi connectivity index (χ1n) is 6.28. The minimum atomic E-state index is -2.94. The van der Waals surface area contributed by atoms with Crippen LogP contribution < -0.4 is 5.32 Å². The van der Waals surface area contributed by atoms with Gasteiger partial charge < -0.3 is 10.2 Å². The van der Waals surface area contributed by atoms with Crippen LogP contribution in [-0.2, 0) is 14.6 Å². The van der Waals surface area contributed by atoms with Crippen molar-refractivity contribution in [1.29, 1.82) is 0 Å². The van der Waals surface area contributed by atoms with E-state index in [0.29, 0.717) is 19.5 Å². The molecule has 0 aromatic rings. The Hall–Kier alpha value is -0.620. The van der Waals surface area contributed by atoms with Crippen LogP contribution in [0.5, 0.6) is 0 Å². The van der Waals surface area contributed by atoms with Gasteiger partial charge in [-0.15, -0.1) is 0 Å². The number of likely N-dealkylation sites (tertiary alicyclic amines) is 1. The number of carbonyl (C=O) groups excluding carboxylic acids is 1. The fourth-order valence-electron chi connectivity index (χ4n) is 2.67. The van der Waals surface area contributed by atoms with Gasteiger partial charge in [-0.1, -0.05) is 6.92 Å². The molecular weight excluding hydrogens is 240 g/mol. The normalized spacial score (nSPS) is 32.3. The number of likely N-dealkylation sites (N-methyl/N-ethyl adjacent to an activating group) is 1. The molecule has 0 bridgehead atoms. The van der Waals surface area contributed by atoms with Crippen molar-refractivity contribution in [2.45, 2.75) is 37.5 Å². The van der Waals surface area contributed by atoms with E-state index in [9.17, 15) is 13.2 Å². The molecule has 5 nitrogen and oxygen atoms in total. The maximum absolute atomic E-state index is 12.0. The Morgan fingerprint density at radius 2 is 2.18 bits per heavy atom. The molecule has 0 aliphatic carbocycles. The Morgan fingerprint density at radius 3 is 2.76 bits per heavy atom. The lowest BCUT2D eigenvalue weighted by Gasteiger charge is -2.20. The van der Waals surface area contributed by atoms with Crippen LogP contribution in [-0.4, -0.2) is 55.9 Å². The summed E-state index contributed by atoms with van der Waals surface area (Å²) in [6.07, 6.45) is 2.24. The highest BCUT2D eigenvalue weighted by atomic mass is 32.2. The first-order chi connectivity index (χ1) is 8.04. The lowest BCUT2D eigenvalue weighted by Crippen LogP contribution is -2.41. The number of carbonyl (C=O) groups is 1. The smallest absolute Gasteiger partial charge is 0.239 e. The Kier molecular flexibility index (Phi) is 3.73. The van der Waals surface area contributed by atoms with Gasteiger partial charge in [0.25, 0.3) is 0 Å². The predicted molar refractivity (Wildman–Crippen MR) is 65.5 cm³/mol. The number of sulfone groups is 1. The van der Waals surface area contributed by atoms with E-state index in [2.05, 4.69) is 5.32 Å². The minimum absolute atomic E-state index is 0.0638. The zero-order chi connectivity index (χ0) is 12.5. The van der Waals surface area contributed by atoms with Crippen molar-refractivity contribution in [2.24, 2.45) is 0 Å². The number of nitrogens with zero attached hydrogens (tertiary/aromatic N) is 1. The molecule has 2 atom stereocenters. The first kappa shape index (κ1) is 12.8. The van der Waals surface area contributed by atoms with E-state index in [1.165, 1.54) is 0 Å². The molecule has 2 heterocycles. The standard InChI is InChI=1S/C11H20N2O3S/c1-2-12-10-5-6-13(11(10)14)8-9-4-3-7-17(9,15)16/h9-10,12H,2-8H2,1H3. The molecule has 6 heteroatoms. The predicted octanol–water partition coefficient (Wildman–Crippen LogP) is -0.226. The van der Waals surface area contributed by atoms with Gasteiger partial charge >= 0.3 is 0 Å². The SMILES string of the molecule is CCNC1CCN(CC2CCCS2(=O)=O)C1=O. The highest BCUT2D eigenvalue weighted by Crippen LogP contribution is 2.23. The van der Waals surface area contributed by atoms with Gasteiger partial charge in [0.1, 0.15) is 0 Å². The summed E-state index contributed by atoms with van der Waals surface area (Å²) in [4.78, 5) is 13.7. The van der Waals surface area contributed by atoms with E-state index in [-0.39, 0.29) is 23.0 Å². The van der Waals surface area contributed by atoms with Crippen molar-refractivity contribution in [2.75, 3.05) is 25.4 Å². The minimum Gasteiger partial charge on any atom is -0.340 e. The van der Waals surface area contributed by atoms with E-state index in [4.69, 9.17) is 0 Å². The molecule has 17 heavy (non-hydrogen) atoms. The van der Waals surface area contributed by atoms with Gasteiger partial charge in [-0.25, -0.2) is 8.42 Å². The molecule has 0 spiro atoms. The number of hydrogen-bond donors (Lipinski definition) is 1. The second-order valence-corrected chi connectivity index (χ2v) is 7.22. The maximum Gasteiger partial charge on any atom is 0.239 e. The second kappa shape index (κ2) is 4.94. The molecule has 2 unspecified atom stereocenters. The van der Waals surface area contributed by atoms with Crippen molar-refractivity contribution >= 4 is 15.7 Å². The monoisotopic (exact) mass is 260 g/mol. The van der Waals surface area contributed by atoms with Crippen LogP contribution in [0.2, 0.25) is 0 Å². The van der Waals surface area contributed by atoms with Gasteiger partial charge in [0.05, 0.1) is 17.0 Å². The molecule has 2 fully saturated rings. The van der Waals surface area contributed by atoms with Crippen LogP contribution in [0.1, 0.15) is 26.2 Å². The quantitative estimate of drug-likeness (QED) is 0.758. The van der Waals surface area contributed by atoms with Gasteiger partial charge in [0.2, 0.25) is 5.91 Å². The van der Waals surface area contributed by atoms with Gasteiger partial charge in [0, 0.05) is 13.1 Å². The summed E-state index contributed by atoms with van der Waals surface area (Å²) >= 11 is 0. The van der Waals surface area contributed by atoms with Crippen molar-refractivity contribution in [3.05, 3.63) is 0 Å². The molecule has 1 N–H and O–H groups in total. The molecule has 2 rings (SSSR count). The van der Waals surface area contributed by atoms with Crippen LogP contribution in [0, 0.1) is 0 Å². The van der Waals surface area contributed by atoms with E-state index in [1.807, 2.05) is 6.92 Å². The van der Waals surface area contributed by atoms with Gasteiger partial charge in [0.15, 0.2) is 9.84 Å². The first-order valence-corrected chi connectivity index (χ1v) is 8.00. The molecule has 1 amide bonds. The molecule has 2 saturated heterocycles. The molecule has 0 aromatic carbocycles. The van der Waals surface area contributed by atoms with Crippen molar-refractivity contribution in [3.8, 4) is 0 Å². The summed E-state index contributed by atoms with van der Waals surface area (Å²) in [5.74, 6) is 0.352. The molecule has 2 aliphatic rings. The van der Waals surface area contributed by atoms with Gasteiger partial charge in [-0.3, -0.25) is 4.79 Å². The summed E-state index contributed by atoms with van der Waals surface area (Å²) in [7, 11) is -2.94. The van der Waals surface area contributed by atoms with Crippen LogP contribution in [0.15, 0.2) is 0 Å². The van der Waals surface area contributed by atoms with Crippen molar-refractivity contribution < 1.29 is 13.2 Å². The summed E-state index contributed by atoms with van der Waals surface area (Å²) in [6.45, 7) is 3.81. The summed E-state index contributed by atoms with van der Waals surface area (Å²) < 4.78 is 23.4. The third-order valence-electron chi connectivity index (χ3n) is 3.63. The zero-order valence-electron chi connectivity index (χ0n) is 10.2. The molecule has 0 saturated carbocycles. The third-order valence-corrected chi connectivity index (χ3v) is 5.89. The zero-order valence-corrected chi connectivity index (χ0v) is 11.0. The molecule has 0 radical (unpaired) electrons. The largest absolute Gasteiger partial charge is 0.340 e. The lowest BCUT2D eigenvalue weighted by atomic mass is 10.2. The average Bonchev–Trinajstić information content (AvgIpc) is 2.76. The Balaban J connectivity index is 1.95. The number of amides is 1. The van der Waals surface area contributed by atoms with Crippen molar-refractivity contribution in [3.63, 3.8) is 0 Å². The Morgan fingerprint density at radius 1 is 1.41 bits per heavy atom. The van der Waals surface area contributed by atoms with Crippen LogP contribution in [0.3, 0.4) is 0 Å². The summed E-state index contributed by atoms with van der Waals surface area (Å²) in [5.41, 5.74) is 0. The van der Waals surface area contributed by atoms with Crippen LogP contribution in [0.25, 0.3) is 0 Å². The number of hydrogen-bond acceptors (Lipinski definition) is 4. The van der Waals surface area contributed by atoms with E-state index < -0.39 is 9.84 Å². The fraction of sp³-hybridized carbons (Fsp3) is 0.909. The molecule has 98 valence electrons. The number of rotatable bonds is 4. The van der Waals surface area contributed by atoms with Crippen LogP contribution in [0.4, 0.5) is 0 Å². The maximum atomic E-state index is 12.0. The molecule has 2 aliphatic heterocycles. The summed E-state index contributed by atoms with van der Waals surface area (Å²) in [5, 5.41) is 2.80. The number of nitrogens with one attached hydrogen (secondary N) is 1. The van der Waals surface area contributed by atoms with E-state index >= 15 is 0 Å². The highest BCUT2D eigenvalue weighted by molar-refractivity contribution is 7.92. The molecular formula is C11H20N2O3S. The topological polar surface area (TPSA) is 66.5 Å². The summed E-state index contributed by atoms with van der Waals surface area (Å²) in [6, 6.07) is -0.107. The average molecular weight is 260 g/mol. The lowest BCUT2D eigenvalue weighted by molar-refractivity contribution is -0.129. The Bertz CT molecular complexity index is 394. The second-order valence-electron chi connectivity index (χ2n) is 4.81. The van der Waals surface area contributed by atoms with E-state index in [1.54, 1.807) is 4.90 Å². The van der Waals surface area contributed by atoms with Crippen molar-refractivity contribution in [1.82, 2.24) is 10.2 Å². The van der Waals surface area contributed by atoms with E-state index in [0.717, 1.165) is 19.4 Å². The Labute approximate surface area is 102 Å². The van der Waals surface area contributed by atoms with Crippen LogP contribution >= 0.6 is 0 Å². The fourth-order valence-corrected chi connectivity index (χ4v) is 4.50. The third kappa shape index (κ3) is 2.63. The molecule has 0 aromatic heterocycles. The van der Waals surface area contributed by atoms with Gasteiger partial charge in [-0.2, -0.15) is 0 Å². The highest BCUT2D eigenvalue weighted by Gasteiger charge is 2.37.